The van der Waals surface area contributed by atoms with Gasteiger partial charge in [0.2, 0.25) is 11.8 Å². The number of thioether (sulfide) groups is 1. The molecule has 0 radical (unpaired) electrons. The van der Waals surface area contributed by atoms with Crippen molar-refractivity contribution >= 4 is 42.3 Å². The van der Waals surface area contributed by atoms with E-state index >= 15 is 0 Å². The highest BCUT2D eigenvalue weighted by Gasteiger charge is 2.53. The van der Waals surface area contributed by atoms with Crippen LogP contribution in [0.15, 0.2) is 41.5 Å². The maximum Gasteiger partial charge on any atom is 0.240 e. The van der Waals surface area contributed by atoms with Crippen molar-refractivity contribution in [1.29, 1.82) is 5.26 Å². The first-order chi connectivity index (χ1) is 20.0. The zero-order chi connectivity index (χ0) is 29.2. The number of benzene rings is 1. The summed E-state index contributed by atoms with van der Waals surface area (Å²) in [6, 6.07) is 10.5. The second kappa shape index (κ2) is 14.6. The van der Waals surface area contributed by atoms with E-state index < -0.39 is 11.3 Å². The Morgan fingerprint density at radius 2 is 2.05 bits per heavy atom. The number of nitrogens with one attached hydrogen (secondary N) is 3. The lowest BCUT2D eigenvalue weighted by Crippen LogP contribution is -2.45. The molecule has 3 heterocycles. The van der Waals surface area contributed by atoms with Crippen LogP contribution in [0.3, 0.4) is 0 Å². The Bertz CT molecular complexity index is 1160. The molecule has 5 rings (SSSR count). The molecule has 0 spiro atoms. The topological polar surface area (TPSA) is 130 Å². The van der Waals surface area contributed by atoms with Gasteiger partial charge in [0.25, 0.3) is 0 Å². The van der Waals surface area contributed by atoms with E-state index in [9.17, 15) is 14.9 Å². The lowest BCUT2D eigenvalue weighted by atomic mass is 10.0. The molecule has 41 heavy (non-hydrogen) atoms. The molecule has 226 valence electrons. The zero-order valence-electron chi connectivity index (χ0n) is 23.8. The van der Waals surface area contributed by atoms with E-state index in [2.05, 4.69) is 44.0 Å². The van der Waals surface area contributed by atoms with Crippen molar-refractivity contribution in [2.45, 2.75) is 43.4 Å². The molecule has 10 nitrogen and oxygen atoms in total. The number of hydrogen-bond donors (Lipinski definition) is 3. The first-order valence-corrected chi connectivity index (χ1v) is 15.4. The molecule has 2 amide bonds. The predicted octanol–water partition coefficient (Wildman–Crippen LogP) is 2.99. The van der Waals surface area contributed by atoms with Crippen LogP contribution in [-0.4, -0.2) is 91.1 Å². The first-order valence-electron chi connectivity index (χ1n) is 14.4. The number of likely N-dealkylation sites (tertiary alicyclic amines) is 1. The predicted molar refractivity (Wildman–Crippen MR) is 169 cm³/mol. The average molecular weight is 586 g/mol. The summed E-state index contributed by atoms with van der Waals surface area (Å²) in [7, 11) is 0. The number of carbonyl (C=O) groups is 3. The third-order valence-corrected chi connectivity index (χ3v) is 9.83. The summed E-state index contributed by atoms with van der Waals surface area (Å²) in [5, 5.41) is 18.9. The number of fused-ring (bicyclic) bond motifs is 1. The second-order valence-corrected chi connectivity index (χ2v) is 12.2. The number of anilines is 1. The summed E-state index contributed by atoms with van der Waals surface area (Å²) in [6.45, 7) is 10.7. The second-order valence-electron chi connectivity index (χ2n) is 10.9. The summed E-state index contributed by atoms with van der Waals surface area (Å²) in [4.78, 5) is 42.5. The lowest BCUT2D eigenvalue weighted by molar-refractivity contribution is -0.131. The van der Waals surface area contributed by atoms with Gasteiger partial charge in [-0.1, -0.05) is 18.2 Å². The van der Waals surface area contributed by atoms with E-state index in [-0.39, 0.29) is 26.8 Å². The molecular formula is C30H47N7O3S. The Morgan fingerprint density at radius 3 is 2.73 bits per heavy atom. The Balaban J connectivity index is 0.00000190. The minimum atomic E-state index is -0.920. The molecule has 0 aromatic heterocycles. The van der Waals surface area contributed by atoms with Crippen LogP contribution in [0, 0.1) is 28.6 Å². The van der Waals surface area contributed by atoms with Crippen LogP contribution >= 0.6 is 11.8 Å². The minimum Gasteiger partial charge on any atom is -0.383 e. The van der Waals surface area contributed by atoms with Gasteiger partial charge in [-0.05, 0) is 57.0 Å². The van der Waals surface area contributed by atoms with E-state index in [1.165, 1.54) is 43.3 Å². The van der Waals surface area contributed by atoms with E-state index in [1.54, 1.807) is 11.1 Å². The van der Waals surface area contributed by atoms with E-state index in [4.69, 9.17) is 4.79 Å². The quantitative estimate of drug-likeness (QED) is 0.301. The summed E-state index contributed by atoms with van der Waals surface area (Å²) < 4.78 is 0. The highest BCUT2D eigenvalue weighted by molar-refractivity contribution is 8.01. The third kappa shape index (κ3) is 7.56. The Morgan fingerprint density at radius 1 is 1.29 bits per heavy atom. The molecule has 1 aromatic rings. The molecule has 3 fully saturated rings. The van der Waals surface area contributed by atoms with Gasteiger partial charge in [0, 0.05) is 73.0 Å². The van der Waals surface area contributed by atoms with Crippen molar-refractivity contribution in [3.63, 3.8) is 0 Å². The largest absolute Gasteiger partial charge is 0.383 e. The van der Waals surface area contributed by atoms with Gasteiger partial charge in [0.1, 0.15) is 17.4 Å². The van der Waals surface area contributed by atoms with Gasteiger partial charge in [-0.2, -0.15) is 5.26 Å². The summed E-state index contributed by atoms with van der Waals surface area (Å²) in [6.07, 6.45) is 9.36. The highest BCUT2D eigenvalue weighted by atomic mass is 32.2. The number of aliphatic imine (C=N–C) groups is 1. The zero-order valence-corrected chi connectivity index (χ0v) is 24.6. The monoisotopic (exact) mass is 585 g/mol. The Labute approximate surface area is 251 Å². The van der Waals surface area contributed by atoms with Crippen LogP contribution in [0.1, 0.15) is 36.0 Å². The van der Waals surface area contributed by atoms with Crippen molar-refractivity contribution in [3.05, 3.63) is 42.1 Å². The van der Waals surface area contributed by atoms with Crippen molar-refractivity contribution in [1.82, 2.24) is 20.4 Å². The fraction of sp³-hybridized carbons (Fsp3) is 0.567. The van der Waals surface area contributed by atoms with Gasteiger partial charge in [-0.15, -0.1) is 11.8 Å². The molecule has 1 aromatic carbocycles. The summed E-state index contributed by atoms with van der Waals surface area (Å²) >= 11 is 1.41. The average Bonchev–Trinajstić information content (AvgIpc) is 3.32. The van der Waals surface area contributed by atoms with Crippen LogP contribution in [-0.2, 0) is 20.9 Å². The van der Waals surface area contributed by atoms with Gasteiger partial charge in [0.05, 0.1) is 6.07 Å². The van der Waals surface area contributed by atoms with Crippen LogP contribution in [0.4, 0.5) is 5.69 Å². The van der Waals surface area contributed by atoms with Gasteiger partial charge in [-0.25, -0.2) is 0 Å². The molecule has 11 heteroatoms. The molecular weight excluding hydrogens is 538 g/mol. The number of nitriles is 1. The number of hydrogen-bond acceptors (Lipinski definition) is 9. The van der Waals surface area contributed by atoms with Crippen molar-refractivity contribution in [2.24, 2.45) is 22.2 Å². The first kappa shape index (κ1) is 30.8. The normalized spacial score (nSPS) is 27.0. The van der Waals surface area contributed by atoms with E-state index in [0.717, 1.165) is 31.7 Å². The van der Waals surface area contributed by atoms with Crippen LogP contribution in [0.2, 0.25) is 0 Å². The van der Waals surface area contributed by atoms with Crippen molar-refractivity contribution in [2.75, 3.05) is 51.1 Å². The lowest BCUT2D eigenvalue weighted by Gasteiger charge is -2.26. The minimum absolute atomic E-state index is 0. The van der Waals surface area contributed by atoms with Crippen LogP contribution in [0.25, 0.3) is 0 Å². The standard InChI is InChI=1S/C29H39N7O2S.CH2O.3H2/c1-2-36-27(38)25(19-33-23-7-5-21(6-8-23)17-32-11-14-35-12-3-4-13-35)39-28(36)24(16-30)26(37)34-20-29-9-10-31-18-22(29)15-29;1-2;;;/h5-10,18,22,24-25,28,32-33H,2-4,11-15,17,19-20H2,1H3,(H,34,37);1H2;3*1H. The number of carbonyl (C=O) groups excluding carboxylic acids is 3. The molecule has 1 aliphatic carbocycles. The maximum atomic E-state index is 13.2. The Hall–Kier alpha value is -3.20. The van der Waals surface area contributed by atoms with Gasteiger partial charge in [0.15, 0.2) is 5.92 Å². The van der Waals surface area contributed by atoms with Gasteiger partial charge in [-0.3, -0.25) is 14.6 Å². The van der Waals surface area contributed by atoms with Crippen molar-refractivity contribution in [3.8, 4) is 6.07 Å². The smallest absolute Gasteiger partial charge is 0.240 e. The number of amides is 2. The fourth-order valence-electron chi connectivity index (χ4n) is 5.73. The summed E-state index contributed by atoms with van der Waals surface area (Å²) in [5.41, 5.74) is 2.11. The van der Waals surface area contributed by atoms with Crippen molar-refractivity contribution < 1.29 is 18.7 Å². The van der Waals surface area contributed by atoms with Gasteiger partial charge >= 0.3 is 0 Å². The summed E-state index contributed by atoms with van der Waals surface area (Å²) in [5.74, 6) is -0.899. The number of nitrogens with zero attached hydrogens (tertiary/aromatic N) is 4. The fourth-order valence-corrected chi connectivity index (χ4v) is 7.24. The molecule has 4 aliphatic rings. The Kier molecular flexibility index (Phi) is 11.0. The van der Waals surface area contributed by atoms with E-state index in [0.29, 0.717) is 25.6 Å². The molecule has 1 saturated carbocycles. The molecule has 3 N–H and O–H groups in total. The SMILES string of the molecule is C=O.CCN1C(=O)C(CNc2ccc(CNCCN3CCCC3)cc2)SC1C(C#N)C(=O)NCC12C=CN=CC1C2.[HH].[HH].[HH]. The molecule has 5 unspecified atom stereocenters. The van der Waals surface area contributed by atoms with Crippen LogP contribution < -0.4 is 16.0 Å². The third-order valence-electron chi connectivity index (χ3n) is 8.32. The van der Waals surface area contributed by atoms with Gasteiger partial charge < -0.3 is 30.5 Å². The number of rotatable bonds is 13. The van der Waals surface area contributed by atoms with Crippen LogP contribution in [0.5, 0.6) is 0 Å². The molecule has 0 bridgehead atoms. The molecule has 2 saturated heterocycles. The maximum absolute atomic E-state index is 13.2. The van der Waals surface area contributed by atoms with E-state index in [1.807, 2.05) is 38.1 Å². The molecule has 5 atom stereocenters. The molecule has 3 aliphatic heterocycles. The highest BCUT2D eigenvalue weighted by Crippen LogP contribution is 2.53.